The first kappa shape index (κ1) is 21.6. The lowest BCUT2D eigenvalue weighted by molar-refractivity contribution is 0.0764. The van der Waals surface area contributed by atoms with Crippen molar-refractivity contribution in [3.05, 3.63) is 71.3 Å². The van der Waals surface area contributed by atoms with Gasteiger partial charge in [0, 0.05) is 36.7 Å². The Kier molecular flexibility index (Phi) is 6.47. The summed E-state index contributed by atoms with van der Waals surface area (Å²) in [5.41, 5.74) is 3.92. The molecule has 2 heterocycles. The fourth-order valence-corrected chi connectivity index (χ4v) is 4.91. The highest BCUT2D eigenvalue weighted by Gasteiger charge is 2.38. The molecule has 0 radical (unpaired) electrons. The van der Waals surface area contributed by atoms with E-state index in [0.717, 1.165) is 67.8 Å². The quantitative estimate of drug-likeness (QED) is 0.718. The first-order valence-corrected chi connectivity index (χ1v) is 11.7. The van der Waals surface area contributed by atoms with Gasteiger partial charge in [0.05, 0.1) is 0 Å². The van der Waals surface area contributed by atoms with Gasteiger partial charge in [-0.2, -0.15) is 0 Å². The van der Waals surface area contributed by atoms with Gasteiger partial charge < -0.3 is 15.0 Å². The van der Waals surface area contributed by atoms with Crippen molar-refractivity contribution in [1.82, 2.24) is 10.2 Å². The van der Waals surface area contributed by atoms with E-state index in [1.54, 1.807) is 0 Å². The van der Waals surface area contributed by atoms with Crippen LogP contribution >= 0.6 is 0 Å². The van der Waals surface area contributed by atoms with Crippen molar-refractivity contribution in [2.45, 2.75) is 58.1 Å². The van der Waals surface area contributed by atoms with Gasteiger partial charge in [-0.05, 0) is 75.1 Å². The number of benzene rings is 2. The number of hydrogen-bond donors (Lipinski definition) is 1. The average Bonchev–Trinajstić information content (AvgIpc) is 2.97. The van der Waals surface area contributed by atoms with Crippen LogP contribution in [0.15, 0.2) is 54.6 Å². The molecule has 4 heteroatoms. The van der Waals surface area contributed by atoms with Crippen LogP contribution in [0.3, 0.4) is 0 Å². The Morgan fingerprint density at radius 3 is 2.68 bits per heavy atom. The zero-order valence-corrected chi connectivity index (χ0v) is 19.0. The van der Waals surface area contributed by atoms with Crippen molar-refractivity contribution >= 4 is 11.5 Å². The molecule has 4 nitrogen and oxygen atoms in total. The second kappa shape index (κ2) is 9.27. The molecule has 0 aromatic heterocycles. The molecule has 2 atom stereocenters. The molecule has 0 saturated carbocycles. The predicted octanol–water partition coefficient (Wildman–Crippen LogP) is 5.28. The van der Waals surface area contributed by atoms with E-state index in [1.807, 2.05) is 30.0 Å². The van der Waals surface area contributed by atoms with Crippen molar-refractivity contribution in [1.29, 1.82) is 0 Å². The van der Waals surface area contributed by atoms with E-state index in [-0.39, 0.29) is 11.5 Å². The first-order valence-electron chi connectivity index (χ1n) is 11.7. The van der Waals surface area contributed by atoms with E-state index in [2.05, 4.69) is 55.6 Å². The number of carbonyl (C=O) groups excluding carboxylic acids is 1. The maximum Gasteiger partial charge on any atom is 0.253 e. The molecule has 31 heavy (non-hydrogen) atoms. The van der Waals surface area contributed by atoms with Gasteiger partial charge in [0.1, 0.15) is 11.4 Å². The van der Waals surface area contributed by atoms with Crippen LogP contribution in [0.1, 0.15) is 67.9 Å². The lowest BCUT2D eigenvalue weighted by Crippen LogP contribution is -2.40. The minimum Gasteiger partial charge on any atom is -0.482 e. The maximum absolute atomic E-state index is 12.9. The van der Waals surface area contributed by atoms with Gasteiger partial charge in [-0.3, -0.25) is 4.79 Å². The topological polar surface area (TPSA) is 41.6 Å². The molecule has 2 aromatic rings. The number of para-hydroxylation sites is 1. The molecule has 1 N–H and O–H groups in total. The third-order valence-corrected chi connectivity index (χ3v) is 6.42. The lowest BCUT2D eigenvalue weighted by atomic mass is 9.83. The molecule has 0 bridgehead atoms. The number of rotatable bonds is 5. The molecule has 0 aliphatic carbocycles. The summed E-state index contributed by atoms with van der Waals surface area (Å²) in [6.07, 6.45) is 6.35. The summed E-state index contributed by atoms with van der Waals surface area (Å²) in [4.78, 5) is 14.8. The minimum atomic E-state index is -0.290. The standard InChI is InChI=1S/C27H34N2O2/c1-4-17-29(5-2)26(30)22-13-11-21(12-14-22)24-19-27(15-8-16-28-20(3)18-27)31-25-10-7-6-9-23(24)25/h6-7,9-14,19-20,28H,4-5,8,15-18H2,1-3H3. The maximum atomic E-state index is 12.9. The molecule has 1 saturated heterocycles. The number of fused-ring (bicyclic) bond motifs is 1. The number of ether oxygens (including phenoxy) is 1. The Morgan fingerprint density at radius 2 is 1.94 bits per heavy atom. The zero-order valence-electron chi connectivity index (χ0n) is 19.0. The highest BCUT2D eigenvalue weighted by atomic mass is 16.5. The van der Waals surface area contributed by atoms with Crippen LogP contribution in [0, 0.1) is 0 Å². The van der Waals surface area contributed by atoms with Gasteiger partial charge in [0.15, 0.2) is 0 Å². The van der Waals surface area contributed by atoms with E-state index in [0.29, 0.717) is 6.04 Å². The molecule has 2 aromatic carbocycles. The zero-order chi connectivity index (χ0) is 21.8. The summed E-state index contributed by atoms with van der Waals surface area (Å²) >= 11 is 0. The normalized spacial score (nSPS) is 22.8. The van der Waals surface area contributed by atoms with Crippen LogP contribution < -0.4 is 10.1 Å². The Balaban J connectivity index is 1.70. The Labute approximate surface area is 186 Å². The van der Waals surface area contributed by atoms with Crippen molar-refractivity contribution < 1.29 is 9.53 Å². The van der Waals surface area contributed by atoms with E-state index < -0.39 is 0 Å². The smallest absolute Gasteiger partial charge is 0.253 e. The van der Waals surface area contributed by atoms with E-state index in [4.69, 9.17) is 4.74 Å². The van der Waals surface area contributed by atoms with Crippen molar-refractivity contribution in [2.24, 2.45) is 0 Å². The van der Waals surface area contributed by atoms with Crippen molar-refractivity contribution in [3.63, 3.8) is 0 Å². The van der Waals surface area contributed by atoms with Crippen molar-refractivity contribution in [2.75, 3.05) is 19.6 Å². The molecule has 2 unspecified atom stereocenters. The Hall–Kier alpha value is -2.59. The van der Waals surface area contributed by atoms with E-state index in [1.165, 1.54) is 5.57 Å². The van der Waals surface area contributed by atoms with Crippen LogP contribution in [0.25, 0.3) is 5.57 Å². The summed E-state index contributed by atoms with van der Waals surface area (Å²) in [5.74, 6) is 1.06. The SMILES string of the molecule is CCCN(CC)C(=O)c1ccc(C2=CC3(CCCNC(C)C3)Oc3ccccc32)cc1. The molecule has 1 amide bonds. The second-order valence-corrected chi connectivity index (χ2v) is 8.85. The summed E-state index contributed by atoms with van der Waals surface area (Å²) in [6.45, 7) is 8.93. The summed E-state index contributed by atoms with van der Waals surface area (Å²) in [5, 5.41) is 3.59. The van der Waals surface area contributed by atoms with Gasteiger partial charge in [-0.25, -0.2) is 0 Å². The number of carbonyl (C=O) groups is 1. The molecule has 1 spiro atoms. The van der Waals surface area contributed by atoms with Gasteiger partial charge in [0.2, 0.25) is 0 Å². The molecule has 2 aliphatic rings. The highest BCUT2D eigenvalue weighted by Crippen LogP contribution is 2.43. The number of nitrogens with one attached hydrogen (secondary N) is 1. The van der Waals surface area contributed by atoms with Gasteiger partial charge in [-0.15, -0.1) is 0 Å². The molecule has 2 aliphatic heterocycles. The third-order valence-electron chi connectivity index (χ3n) is 6.42. The third kappa shape index (κ3) is 4.54. The molecule has 1 fully saturated rings. The summed E-state index contributed by atoms with van der Waals surface area (Å²) in [7, 11) is 0. The van der Waals surface area contributed by atoms with Crippen LogP contribution in [0.5, 0.6) is 5.75 Å². The molecular formula is C27H34N2O2. The average molecular weight is 419 g/mol. The second-order valence-electron chi connectivity index (χ2n) is 8.85. The van der Waals surface area contributed by atoms with Crippen LogP contribution in [-0.4, -0.2) is 42.1 Å². The minimum absolute atomic E-state index is 0.109. The van der Waals surface area contributed by atoms with E-state index in [9.17, 15) is 4.79 Å². The largest absolute Gasteiger partial charge is 0.482 e. The molecular weight excluding hydrogens is 384 g/mol. The Bertz CT molecular complexity index is 950. The van der Waals surface area contributed by atoms with Crippen LogP contribution in [-0.2, 0) is 0 Å². The fraction of sp³-hybridized carbons (Fsp3) is 0.444. The first-order chi connectivity index (χ1) is 15.0. The Morgan fingerprint density at radius 1 is 1.16 bits per heavy atom. The van der Waals surface area contributed by atoms with Gasteiger partial charge in [0.25, 0.3) is 5.91 Å². The lowest BCUT2D eigenvalue weighted by Gasteiger charge is -2.37. The van der Waals surface area contributed by atoms with E-state index >= 15 is 0 Å². The number of amides is 1. The predicted molar refractivity (Wildman–Crippen MR) is 127 cm³/mol. The monoisotopic (exact) mass is 418 g/mol. The van der Waals surface area contributed by atoms with Gasteiger partial charge >= 0.3 is 0 Å². The highest BCUT2D eigenvalue weighted by molar-refractivity contribution is 5.95. The molecule has 4 rings (SSSR count). The summed E-state index contributed by atoms with van der Waals surface area (Å²) < 4.78 is 6.62. The van der Waals surface area contributed by atoms with Gasteiger partial charge in [-0.1, -0.05) is 37.3 Å². The van der Waals surface area contributed by atoms with Crippen LogP contribution in [0.2, 0.25) is 0 Å². The van der Waals surface area contributed by atoms with Crippen molar-refractivity contribution in [3.8, 4) is 5.75 Å². The fourth-order valence-electron chi connectivity index (χ4n) is 4.91. The molecule has 164 valence electrons. The number of hydrogen-bond acceptors (Lipinski definition) is 3. The van der Waals surface area contributed by atoms with Crippen LogP contribution in [0.4, 0.5) is 0 Å². The summed E-state index contributed by atoms with van der Waals surface area (Å²) in [6, 6.07) is 16.8. The number of nitrogens with zero attached hydrogens (tertiary/aromatic N) is 1.